The molecule has 0 aliphatic rings. The summed E-state index contributed by atoms with van der Waals surface area (Å²) in [5, 5.41) is 28.9. The molecule has 0 fully saturated rings. The Bertz CT molecular complexity index is 1310. The van der Waals surface area contributed by atoms with Gasteiger partial charge in [-0.15, -0.1) is 0 Å². The molecule has 0 atom stereocenters. The number of hydrogen-bond donors (Lipinski definition) is 6. The van der Waals surface area contributed by atoms with E-state index in [9.17, 15) is 54.2 Å². The molecular formula is C40H89N4O15S3Si+. The van der Waals surface area contributed by atoms with E-state index >= 15 is 0 Å². The summed E-state index contributed by atoms with van der Waals surface area (Å²) in [7, 11) is -12.2. The highest BCUT2D eigenvalue weighted by Crippen LogP contribution is 2.21. The van der Waals surface area contributed by atoms with Crippen LogP contribution in [0.25, 0.3) is 0 Å². The monoisotopic (exact) mass is 990 g/mol. The molecule has 6 N–H and O–H groups in total. The molecule has 0 aliphatic carbocycles. The van der Waals surface area contributed by atoms with E-state index in [0.29, 0.717) is 12.5 Å². The van der Waals surface area contributed by atoms with Crippen LogP contribution in [0.4, 0.5) is 0 Å². The molecule has 63 heavy (non-hydrogen) atoms. The molecule has 0 bridgehead atoms. The van der Waals surface area contributed by atoms with E-state index in [2.05, 4.69) is 21.0 Å². The SMILES string of the molecule is CCCCCCCCCCCCCCCCC[N+](C)(C)CCC[Si](OCCN(CCO)CCS(=O)(=O)O)(OCCN(CCO)CCS(=O)(=O)O)OCCN(CCO)CCS(=O)(=O)O. The molecular weight excluding hydrogens is 901 g/mol. The van der Waals surface area contributed by atoms with Crippen LogP contribution in [0.1, 0.15) is 110 Å². The van der Waals surface area contributed by atoms with Crippen molar-refractivity contribution in [2.45, 2.75) is 116 Å². The normalized spacial score (nSPS) is 13.3. The highest BCUT2D eigenvalue weighted by molar-refractivity contribution is 7.86. The number of aliphatic hydroxyl groups is 3. The second kappa shape index (κ2) is 36.6. The van der Waals surface area contributed by atoms with Crippen molar-refractivity contribution in [2.24, 2.45) is 0 Å². The summed E-state index contributed by atoms with van der Waals surface area (Å²) in [6.45, 7) is 3.65. The first kappa shape index (κ1) is 62.5. The van der Waals surface area contributed by atoms with Crippen LogP contribution < -0.4 is 0 Å². The molecule has 0 spiro atoms. The van der Waals surface area contributed by atoms with Gasteiger partial charge in [-0.05, 0) is 12.8 Å². The minimum absolute atomic E-state index is 0.0126. The molecule has 0 aromatic rings. The fraction of sp³-hybridized carbons (Fsp3) is 1.00. The molecule has 0 radical (unpaired) electrons. The van der Waals surface area contributed by atoms with Gasteiger partial charge in [-0.3, -0.25) is 28.4 Å². The molecule has 0 unspecified atom stereocenters. The maximum Gasteiger partial charge on any atom is 0.501 e. The summed E-state index contributed by atoms with van der Waals surface area (Å²) in [5.41, 5.74) is 0. The standard InChI is InChI=1S/C40H88N4O15S3Si/c1-4-5-6-7-8-9-10-11-12-13-14-15-16-17-18-29-44(2,3)30-19-40-63(57-34-23-41(20-31-45)26-37-60(48,49)50,58-35-24-42(21-32-46)27-38-61(51,52)53)59-36-25-43(22-33-47)28-39-62(54,55)56/h45-47H,4-40H2,1-3H3,(H2-,48,49,50,51,52,53,54,55,56)/p+1. The minimum Gasteiger partial charge on any atom is -0.395 e. The van der Waals surface area contributed by atoms with E-state index in [1.807, 2.05) is 0 Å². The van der Waals surface area contributed by atoms with Crippen molar-refractivity contribution in [3.8, 4) is 0 Å². The Balaban J connectivity index is 5.80. The zero-order chi connectivity index (χ0) is 47.5. The fourth-order valence-corrected chi connectivity index (χ4v) is 11.2. The molecule has 0 rings (SSSR count). The van der Waals surface area contributed by atoms with Crippen LogP contribution in [0, 0.1) is 0 Å². The predicted molar refractivity (Wildman–Crippen MR) is 250 cm³/mol. The van der Waals surface area contributed by atoms with Crippen LogP contribution in [0.15, 0.2) is 0 Å². The van der Waals surface area contributed by atoms with Gasteiger partial charge < -0.3 is 33.1 Å². The summed E-state index contributed by atoms with van der Waals surface area (Å²) in [6, 6.07) is 0.342. The lowest BCUT2D eigenvalue weighted by Crippen LogP contribution is -2.51. The van der Waals surface area contributed by atoms with Gasteiger partial charge in [-0.25, -0.2) is 0 Å². The van der Waals surface area contributed by atoms with Gasteiger partial charge in [0.25, 0.3) is 30.4 Å². The Morgan fingerprint density at radius 2 is 0.714 bits per heavy atom. The van der Waals surface area contributed by atoms with E-state index < -0.39 is 56.4 Å². The van der Waals surface area contributed by atoms with E-state index in [1.165, 1.54) is 83.5 Å². The van der Waals surface area contributed by atoms with Gasteiger partial charge in [-0.1, -0.05) is 90.4 Å². The number of hydrogen-bond acceptors (Lipinski definition) is 15. The van der Waals surface area contributed by atoms with Gasteiger partial charge in [-0.2, -0.15) is 25.3 Å². The Hall–Kier alpha value is -0.453. The number of aliphatic hydroxyl groups excluding tert-OH is 3. The largest absolute Gasteiger partial charge is 0.501 e. The summed E-state index contributed by atoms with van der Waals surface area (Å²) in [6.07, 6.45) is 20.0. The quantitative estimate of drug-likeness (QED) is 0.0222. The topological polar surface area (TPSA) is 261 Å². The fourth-order valence-electron chi connectivity index (χ4n) is 7.24. The molecule has 19 nitrogen and oxygen atoms in total. The maximum atomic E-state index is 11.5. The van der Waals surface area contributed by atoms with Gasteiger partial charge >= 0.3 is 8.80 Å². The van der Waals surface area contributed by atoms with E-state index in [1.54, 1.807) is 14.7 Å². The third-order valence-corrected chi connectivity index (χ3v) is 16.0. The average Bonchev–Trinajstić information content (AvgIpc) is 3.18. The molecule has 380 valence electrons. The van der Waals surface area contributed by atoms with Crippen LogP contribution in [0.2, 0.25) is 6.04 Å². The van der Waals surface area contributed by atoms with Gasteiger partial charge in [0, 0.05) is 71.4 Å². The van der Waals surface area contributed by atoms with Gasteiger partial charge in [0.05, 0.1) is 84.1 Å². The number of quaternary nitrogens is 1. The van der Waals surface area contributed by atoms with Crippen LogP contribution in [-0.2, 0) is 43.6 Å². The van der Waals surface area contributed by atoms with Crippen molar-refractivity contribution >= 4 is 39.2 Å². The summed E-state index contributed by atoms with van der Waals surface area (Å²) >= 11 is 0. The lowest BCUT2D eigenvalue weighted by atomic mass is 10.0. The van der Waals surface area contributed by atoms with Crippen molar-refractivity contribution in [1.29, 1.82) is 0 Å². The van der Waals surface area contributed by atoms with Gasteiger partial charge in [0.15, 0.2) is 0 Å². The molecule has 0 aromatic heterocycles. The molecule has 0 aromatic carbocycles. The lowest BCUT2D eigenvalue weighted by Gasteiger charge is -2.34. The average molecular weight is 990 g/mol. The molecule has 0 heterocycles. The third kappa shape index (κ3) is 40.3. The maximum absolute atomic E-state index is 11.5. The molecule has 23 heteroatoms. The second-order valence-electron chi connectivity index (χ2n) is 17.2. The number of unbranched alkanes of at least 4 members (excludes halogenated alkanes) is 14. The van der Waals surface area contributed by atoms with Crippen molar-refractivity contribution in [2.75, 3.05) is 143 Å². The first-order valence-corrected chi connectivity index (χ1v) is 30.0. The predicted octanol–water partition coefficient (Wildman–Crippen LogP) is 2.86. The highest BCUT2D eigenvalue weighted by atomic mass is 32.2. The van der Waals surface area contributed by atoms with Crippen molar-refractivity contribution in [1.82, 2.24) is 14.7 Å². The highest BCUT2D eigenvalue weighted by Gasteiger charge is 2.42. The van der Waals surface area contributed by atoms with Crippen molar-refractivity contribution < 1.29 is 72.0 Å². The van der Waals surface area contributed by atoms with Gasteiger partial charge in [0.2, 0.25) is 0 Å². The first-order valence-electron chi connectivity index (χ1n) is 23.3. The Kier molecular flexibility index (Phi) is 36.3. The van der Waals surface area contributed by atoms with Gasteiger partial charge in [0.1, 0.15) is 0 Å². The third-order valence-electron chi connectivity index (χ3n) is 11.0. The molecule has 0 saturated carbocycles. The van der Waals surface area contributed by atoms with E-state index in [4.69, 9.17) is 13.3 Å². The smallest absolute Gasteiger partial charge is 0.395 e. The zero-order valence-electron chi connectivity index (χ0n) is 39.0. The number of nitrogens with zero attached hydrogens (tertiary/aromatic N) is 4. The Morgan fingerprint density at radius 3 is 1.00 bits per heavy atom. The van der Waals surface area contributed by atoms with Crippen LogP contribution in [0.5, 0.6) is 0 Å². The second-order valence-corrected chi connectivity index (χ2v) is 24.7. The zero-order valence-corrected chi connectivity index (χ0v) is 42.5. The van der Waals surface area contributed by atoms with Crippen molar-refractivity contribution in [3.63, 3.8) is 0 Å². The molecule has 0 saturated heterocycles. The van der Waals surface area contributed by atoms with E-state index in [-0.39, 0.29) is 98.5 Å². The Morgan fingerprint density at radius 1 is 0.429 bits per heavy atom. The summed E-state index contributed by atoms with van der Waals surface area (Å²) < 4.78 is 117. The number of rotatable bonds is 47. The van der Waals surface area contributed by atoms with Crippen LogP contribution >= 0.6 is 0 Å². The van der Waals surface area contributed by atoms with Crippen LogP contribution in [-0.4, -0.2) is 225 Å². The summed E-state index contributed by atoms with van der Waals surface area (Å²) in [4.78, 5) is 4.84. The van der Waals surface area contributed by atoms with E-state index in [0.717, 1.165) is 30.4 Å². The lowest BCUT2D eigenvalue weighted by molar-refractivity contribution is -0.890. The first-order chi connectivity index (χ1) is 29.7. The Labute approximate surface area is 383 Å². The molecule has 0 amide bonds. The summed E-state index contributed by atoms with van der Waals surface area (Å²) in [5.74, 6) is -1.66. The van der Waals surface area contributed by atoms with Crippen molar-refractivity contribution in [3.05, 3.63) is 0 Å². The minimum atomic E-state index is -4.27. The molecule has 0 aliphatic heterocycles. The van der Waals surface area contributed by atoms with Crippen LogP contribution in [0.3, 0.4) is 0 Å².